The summed E-state index contributed by atoms with van der Waals surface area (Å²) in [4.78, 5) is 0. The lowest BCUT2D eigenvalue weighted by molar-refractivity contribution is -0.223. The molecular weight excluding hydrogens is 230 g/mol. The van der Waals surface area contributed by atoms with Gasteiger partial charge in [-0.05, 0) is 0 Å². The second-order valence-corrected chi connectivity index (χ2v) is 3.37. The average Bonchev–Trinajstić information content (AvgIpc) is 1.81. The van der Waals surface area contributed by atoms with Crippen LogP contribution in [0, 0.1) is 0 Å². The van der Waals surface area contributed by atoms with E-state index in [-0.39, 0.29) is 0 Å². The normalized spacial score (nSPS) is 17.2. The van der Waals surface area contributed by atoms with Crippen LogP contribution < -0.4 is 0 Å². The summed E-state index contributed by atoms with van der Waals surface area (Å²) >= 11 is 0. The van der Waals surface area contributed by atoms with E-state index in [1.807, 2.05) is 0 Å². The monoisotopic (exact) mass is 231 g/mol. The number of alkyl halides is 6. The maximum atomic E-state index is 11.8. The van der Waals surface area contributed by atoms with E-state index in [0.29, 0.717) is 0 Å². The molecule has 3 nitrogen and oxygen atoms in total. The minimum absolute atomic E-state index is 5.01. The molecule has 0 aliphatic carbocycles. The predicted molar refractivity (Wildman–Crippen MR) is 25.6 cm³/mol. The van der Waals surface area contributed by atoms with Crippen molar-refractivity contribution in [2.75, 3.05) is 0 Å². The number of rotatable bonds is 2. The molecule has 1 atom stereocenters. The van der Waals surface area contributed by atoms with Crippen LogP contribution in [0.1, 0.15) is 0 Å². The average molecular weight is 231 g/mol. The van der Waals surface area contributed by atoms with Crippen LogP contribution in [0.2, 0.25) is 0 Å². The van der Waals surface area contributed by atoms with Crippen molar-refractivity contribution < 1.29 is 39.3 Å². The molecule has 0 saturated heterocycles. The summed E-state index contributed by atoms with van der Waals surface area (Å²) in [6, 6.07) is 0. The van der Waals surface area contributed by atoms with Crippen molar-refractivity contribution in [2.45, 2.75) is 17.6 Å². The van der Waals surface area contributed by atoms with Gasteiger partial charge in [-0.3, -0.25) is 0 Å². The Balaban J connectivity index is 5.09. The molecule has 0 amide bonds. The molecule has 80 valence electrons. The van der Waals surface area contributed by atoms with Gasteiger partial charge in [0.2, 0.25) is 0 Å². The molecule has 0 aliphatic rings. The molecule has 0 bridgehead atoms. The van der Waals surface area contributed by atoms with Gasteiger partial charge in [-0.2, -0.15) is 22.0 Å². The van der Waals surface area contributed by atoms with Crippen molar-refractivity contribution in [1.29, 1.82) is 0 Å². The van der Waals surface area contributed by atoms with Crippen LogP contribution in [0.5, 0.6) is 0 Å². The molecule has 0 rings (SSSR count). The summed E-state index contributed by atoms with van der Waals surface area (Å²) in [6.07, 6.45) is -11.1. The molecule has 0 N–H and O–H groups in total. The van der Waals surface area contributed by atoms with Crippen molar-refractivity contribution in [1.82, 2.24) is 0 Å². The third-order valence-electron chi connectivity index (χ3n) is 0.916. The summed E-state index contributed by atoms with van der Waals surface area (Å²) in [5, 5.41) is -5.99. The van der Waals surface area contributed by atoms with Crippen molar-refractivity contribution in [2.24, 2.45) is 0 Å². The van der Waals surface area contributed by atoms with Crippen LogP contribution in [0.15, 0.2) is 0 Å². The molecule has 0 fully saturated rings. The molecule has 0 spiro atoms. The third-order valence-corrected chi connectivity index (χ3v) is 1.79. The van der Waals surface area contributed by atoms with Crippen LogP contribution in [0.4, 0.5) is 26.3 Å². The lowest BCUT2D eigenvalue weighted by Crippen LogP contribution is -2.46. The first-order valence-electron chi connectivity index (χ1n) is 2.44. The molecule has 0 heterocycles. The molecule has 0 saturated carbocycles. The quantitative estimate of drug-likeness (QED) is 0.526. The van der Waals surface area contributed by atoms with Crippen molar-refractivity contribution in [3.8, 4) is 0 Å². The third kappa shape index (κ3) is 2.46. The second-order valence-electron chi connectivity index (χ2n) is 1.92. The number of hydrogen-bond acceptors (Lipinski definition) is 3. The first-order chi connectivity index (χ1) is 5.40. The lowest BCUT2D eigenvalue weighted by Gasteiger charge is -2.24. The van der Waals surface area contributed by atoms with E-state index in [1.165, 1.54) is 0 Å². The molecule has 0 aromatic carbocycles. The summed E-state index contributed by atoms with van der Waals surface area (Å²) in [5.41, 5.74) is 0. The topological polar surface area (TPSA) is 57.2 Å². The summed E-state index contributed by atoms with van der Waals surface area (Å²) in [6.45, 7) is 0. The number of halogens is 6. The van der Waals surface area contributed by atoms with E-state index in [9.17, 15) is 39.3 Å². The SMILES string of the molecule is O=S(=O)([O-])C(F)(F)C(F)C(F)(F)F. The van der Waals surface area contributed by atoms with E-state index in [4.69, 9.17) is 0 Å². The van der Waals surface area contributed by atoms with E-state index in [2.05, 4.69) is 0 Å². The Morgan fingerprint density at radius 3 is 1.46 bits per heavy atom. The minimum Gasteiger partial charge on any atom is -0.743 e. The Morgan fingerprint density at radius 2 is 1.38 bits per heavy atom. The van der Waals surface area contributed by atoms with Gasteiger partial charge in [0.1, 0.15) is 0 Å². The highest BCUT2D eigenvalue weighted by atomic mass is 32.2. The Kier molecular flexibility index (Phi) is 2.89. The summed E-state index contributed by atoms with van der Waals surface area (Å²) < 4.78 is 97.5. The zero-order valence-corrected chi connectivity index (χ0v) is 6.29. The van der Waals surface area contributed by atoms with Crippen LogP contribution in [-0.4, -0.2) is 30.6 Å². The fraction of sp³-hybridized carbons (Fsp3) is 1.00. The van der Waals surface area contributed by atoms with E-state index in [1.54, 1.807) is 0 Å². The summed E-state index contributed by atoms with van der Waals surface area (Å²) in [7, 11) is -6.66. The molecular formula is C3HF6O3S-. The minimum atomic E-state index is -6.66. The molecule has 10 heteroatoms. The second kappa shape index (κ2) is 3.01. The number of hydrogen-bond donors (Lipinski definition) is 0. The smallest absolute Gasteiger partial charge is 0.426 e. The van der Waals surface area contributed by atoms with Gasteiger partial charge in [0.05, 0.1) is 0 Å². The molecule has 0 aromatic rings. The molecule has 0 aromatic heterocycles. The lowest BCUT2D eigenvalue weighted by atomic mass is 10.4. The predicted octanol–water partition coefficient (Wildman–Crippen LogP) is 1.02. The van der Waals surface area contributed by atoms with Crippen molar-refractivity contribution in [3.63, 3.8) is 0 Å². The van der Waals surface area contributed by atoms with Gasteiger partial charge in [-0.1, -0.05) is 0 Å². The summed E-state index contributed by atoms with van der Waals surface area (Å²) in [5.74, 6) is 0. The van der Waals surface area contributed by atoms with E-state index in [0.717, 1.165) is 0 Å². The van der Waals surface area contributed by atoms with Crippen molar-refractivity contribution in [3.05, 3.63) is 0 Å². The Morgan fingerprint density at radius 1 is 1.08 bits per heavy atom. The molecule has 1 unspecified atom stereocenters. The Hall–Kier alpha value is -0.510. The first-order valence-corrected chi connectivity index (χ1v) is 3.85. The van der Waals surface area contributed by atoms with E-state index >= 15 is 0 Å². The standard InChI is InChI=1S/C3H2F6O3S/c4-1(2(5,6)7)3(8,9)13(10,11)12/h1H,(H,10,11,12)/p-1. The maximum absolute atomic E-state index is 11.8. The van der Waals surface area contributed by atoms with Crippen LogP contribution in [0.3, 0.4) is 0 Å². The fourth-order valence-electron chi connectivity index (χ4n) is 0.317. The molecule has 0 aliphatic heterocycles. The van der Waals surface area contributed by atoms with Gasteiger partial charge in [-0.15, -0.1) is 0 Å². The van der Waals surface area contributed by atoms with Gasteiger partial charge < -0.3 is 4.55 Å². The first kappa shape index (κ1) is 12.5. The largest absolute Gasteiger partial charge is 0.743 e. The zero-order chi connectivity index (χ0) is 11.1. The highest BCUT2D eigenvalue weighted by Crippen LogP contribution is 2.37. The fourth-order valence-corrected chi connectivity index (χ4v) is 0.704. The van der Waals surface area contributed by atoms with Crippen molar-refractivity contribution >= 4 is 10.1 Å². The Labute approximate surface area is 68.1 Å². The maximum Gasteiger partial charge on any atom is 0.426 e. The Bertz CT molecular complexity index is 278. The molecule has 0 radical (unpaired) electrons. The van der Waals surface area contributed by atoms with Gasteiger partial charge in [0.15, 0.2) is 10.1 Å². The van der Waals surface area contributed by atoms with Crippen LogP contribution in [0.25, 0.3) is 0 Å². The van der Waals surface area contributed by atoms with Gasteiger partial charge >= 0.3 is 11.4 Å². The van der Waals surface area contributed by atoms with Crippen LogP contribution in [-0.2, 0) is 10.1 Å². The van der Waals surface area contributed by atoms with Gasteiger partial charge in [-0.25, -0.2) is 12.8 Å². The van der Waals surface area contributed by atoms with Gasteiger partial charge in [0, 0.05) is 0 Å². The highest BCUT2D eigenvalue weighted by molar-refractivity contribution is 7.86. The molecule has 13 heavy (non-hydrogen) atoms. The van der Waals surface area contributed by atoms with Crippen LogP contribution >= 0.6 is 0 Å². The zero-order valence-electron chi connectivity index (χ0n) is 5.48. The highest BCUT2D eigenvalue weighted by Gasteiger charge is 2.61. The van der Waals surface area contributed by atoms with Gasteiger partial charge in [0.25, 0.3) is 6.17 Å². The van der Waals surface area contributed by atoms with E-state index < -0.39 is 27.7 Å².